The first kappa shape index (κ1) is 15.5. The molecule has 2 rings (SSSR count). The lowest BCUT2D eigenvalue weighted by molar-refractivity contribution is -0.136. The summed E-state index contributed by atoms with van der Waals surface area (Å²) in [6.07, 6.45) is 1.99. The zero-order valence-electron chi connectivity index (χ0n) is 12.3. The molecule has 1 aliphatic rings. The minimum atomic E-state index is -0.582. The van der Waals surface area contributed by atoms with Gasteiger partial charge in [-0.25, -0.2) is 0 Å². The number of ether oxygens (including phenoxy) is 1. The molecule has 0 bridgehead atoms. The van der Waals surface area contributed by atoms with Crippen LogP contribution in [0.3, 0.4) is 0 Å². The second-order valence-electron chi connectivity index (χ2n) is 5.29. The van der Waals surface area contributed by atoms with Crippen LogP contribution in [0.25, 0.3) is 0 Å². The fraction of sp³-hybridized carbons (Fsp3) is 0.500. The van der Waals surface area contributed by atoms with Crippen molar-refractivity contribution in [1.29, 1.82) is 0 Å². The average Bonchev–Trinajstić information content (AvgIpc) is 2.71. The predicted octanol–water partition coefficient (Wildman–Crippen LogP) is 1.38. The Labute approximate surface area is 125 Å². The van der Waals surface area contributed by atoms with Gasteiger partial charge in [0.15, 0.2) is 0 Å². The maximum Gasteiger partial charge on any atom is 0.249 e. The van der Waals surface area contributed by atoms with Gasteiger partial charge in [-0.15, -0.1) is 0 Å². The lowest BCUT2D eigenvalue weighted by atomic mass is 10.1. The van der Waals surface area contributed by atoms with E-state index in [4.69, 9.17) is 4.74 Å². The van der Waals surface area contributed by atoms with Gasteiger partial charge in [-0.05, 0) is 31.7 Å². The van der Waals surface area contributed by atoms with Crippen LogP contribution in [0, 0.1) is 0 Å². The highest BCUT2D eigenvalue weighted by molar-refractivity contribution is 5.89. The molecule has 0 aliphatic carbocycles. The molecule has 1 saturated heterocycles. The van der Waals surface area contributed by atoms with Gasteiger partial charge in [0.05, 0.1) is 6.61 Å². The van der Waals surface area contributed by atoms with Gasteiger partial charge in [0.2, 0.25) is 11.8 Å². The number of benzene rings is 1. The molecule has 0 saturated carbocycles. The standard InChI is InChI=1S/C16H22N2O3/c1-12(21-11-13-7-3-2-4-8-13)15(19)18-14-9-5-6-10-17-16(14)20/h2-4,7-8,12,14H,5-6,9-11H2,1H3,(H,17,20)(H,18,19)/t12-,14-/m1/s1. The maximum atomic E-state index is 12.1. The Morgan fingerprint density at radius 3 is 2.90 bits per heavy atom. The van der Waals surface area contributed by atoms with Crippen LogP contribution in [0.2, 0.25) is 0 Å². The van der Waals surface area contributed by atoms with Crippen molar-refractivity contribution in [2.75, 3.05) is 6.54 Å². The zero-order chi connectivity index (χ0) is 15.1. The summed E-state index contributed by atoms with van der Waals surface area (Å²) in [6.45, 7) is 2.77. The third-order valence-corrected chi connectivity index (χ3v) is 3.56. The minimum Gasteiger partial charge on any atom is -0.364 e. The lowest BCUT2D eigenvalue weighted by Gasteiger charge is -2.18. The first-order chi connectivity index (χ1) is 10.2. The molecule has 5 heteroatoms. The lowest BCUT2D eigenvalue weighted by Crippen LogP contribution is -2.48. The molecule has 1 fully saturated rings. The zero-order valence-corrected chi connectivity index (χ0v) is 12.3. The van der Waals surface area contributed by atoms with Crippen LogP contribution in [0.15, 0.2) is 30.3 Å². The molecule has 0 radical (unpaired) electrons. The van der Waals surface area contributed by atoms with Gasteiger partial charge in [-0.2, -0.15) is 0 Å². The number of amides is 2. The van der Waals surface area contributed by atoms with Crippen molar-refractivity contribution in [2.45, 2.75) is 44.9 Å². The number of hydrogen-bond donors (Lipinski definition) is 2. The average molecular weight is 290 g/mol. The van der Waals surface area contributed by atoms with Crippen molar-refractivity contribution in [3.8, 4) is 0 Å². The van der Waals surface area contributed by atoms with E-state index < -0.39 is 12.1 Å². The first-order valence-corrected chi connectivity index (χ1v) is 7.40. The molecule has 2 N–H and O–H groups in total. The Morgan fingerprint density at radius 2 is 2.14 bits per heavy atom. The smallest absolute Gasteiger partial charge is 0.249 e. The second-order valence-corrected chi connectivity index (χ2v) is 5.29. The van der Waals surface area contributed by atoms with Crippen molar-refractivity contribution >= 4 is 11.8 Å². The van der Waals surface area contributed by atoms with E-state index in [0.717, 1.165) is 18.4 Å². The van der Waals surface area contributed by atoms with Crippen molar-refractivity contribution in [3.63, 3.8) is 0 Å². The summed E-state index contributed by atoms with van der Waals surface area (Å²) in [5.41, 5.74) is 1.02. The van der Waals surface area contributed by atoms with Crippen molar-refractivity contribution in [2.24, 2.45) is 0 Å². The van der Waals surface area contributed by atoms with Gasteiger partial charge in [0.25, 0.3) is 0 Å². The van der Waals surface area contributed by atoms with Crippen LogP contribution >= 0.6 is 0 Å². The molecule has 0 unspecified atom stereocenters. The summed E-state index contributed by atoms with van der Waals surface area (Å²) >= 11 is 0. The molecular formula is C16H22N2O3. The van der Waals surface area contributed by atoms with Gasteiger partial charge in [0, 0.05) is 6.54 Å². The van der Waals surface area contributed by atoms with E-state index in [1.54, 1.807) is 6.92 Å². The van der Waals surface area contributed by atoms with E-state index in [0.29, 0.717) is 19.6 Å². The normalized spacial score (nSPS) is 20.2. The van der Waals surface area contributed by atoms with E-state index in [2.05, 4.69) is 10.6 Å². The molecule has 1 aliphatic heterocycles. The molecule has 21 heavy (non-hydrogen) atoms. The number of hydrogen-bond acceptors (Lipinski definition) is 3. The largest absolute Gasteiger partial charge is 0.364 e. The van der Waals surface area contributed by atoms with Crippen molar-refractivity contribution < 1.29 is 14.3 Å². The van der Waals surface area contributed by atoms with Gasteiger partial charge in [0.1, 0.15) is 12.1 Å². The quantitative estimate of drug-likeness (QED) is 0.861. The Morgan fingerprint density at radius 1 is 1.38 bits per heavy atom. The summed E-state index contributed by atoms with van der Waals surface area (Å²) in [5.74, 6) is -0.343. The molecule has 1 aromatic rings. The fourth-order valence-electron chi connectivity index (χ4n) is 2.24. The summed E-state index contributed by atoms with van der Waals surface area (Å²) in [7, 11) is 0. The van der Waals surface area contributed by atoms with Crippen LogP contribution in [0.1, 0.15) is 31.7 Å². The summed E-state index contributed by atoms with van der Waals surface area (Å²) in [6, 6.07) is 9.25. The predicted molar refractivity (Wildman–Crippen MR) is 79.5 cm³/mol. The van der Waals surface area contributed by atoms with E-state index in [-0.39, 0.29) is 11.8 Å². The second kappa shape index (κ2) is 7.78. The molecule has 1 aromatic carbocycles. The Bertz CT molecular complexity index is 476. The van der Waals surface area contributed by atoms with Crippen LogP contribution in [-0.4, -0.2) is 30.5 Å². The van der Waals surface area contributed by atoms with E-state index >= 15 is 0 Å². The Hall–Kier alpha value is -1.88. The van der Waals surface area contributed by atoms with Gasteiger partial charge >= 0.3 is 0 Å². The highest BCUT2D eigenvalue weighted by atomic mass is 16.5. The summed E-state index contributed by atoms with van der Waals surface area (Å²) in [4.78, 5) is 23.9. The first-order valence-electron chi connectivity index (χ1n) is 7.40. The van der Waals surface area contributed by atoms with Crippen LogP contribution in [0.4, 0.5) is 0 Å². The number of carbonyl (C=O) groups is 2. The maximum absolute atomic E-state index is 12.1. The molecular weight excluding hydrogens is 268 g/mol. The number of rotatable bonds is 5. The molecule has 114 valence electrons. The highest BCUT2D eigenvalue weighted by Gasteiger charge is 2.24. The molecule has 0 aromatic heterocycles. The van der Waals surface area contributed by atoms with E-state index in [1.165, 1.54) is 0 Å². The molecule has 2 atom stereocenters. The number of nitrogens with one attached hydrogen (secondary N) is 2. The van der Waals surface area contributed by atoms with Crippen LogP contribution in [0.5, 0.6) is 0 Å². The molecule has 1 heterocycles. The fourth-order valence-corrected chi connectivity index (χ4v) is 2.24. The van der Waals surface area contributed by atoms with Crippen LogP contribution < -0.4 is 10.6 Å². The Balaban J connectivity index is 1.80. The number of carbonyl (C=O) groups excluding carboxylic acids is 2. The molecule has 2 amide bonds. The van der Waals surface area contributed by atoms with Crippen LogP contribution in [-0.2, 0) is 20.9 Å². The minimum absolute atomic E-state index is 0.101. The van der Waals surface area contributed by atoms with Gasteiger partial charge in [-0.1, -0.05) is 30.3 Å². The monoisotopic (exact) mass is 290 g/mol. The van der Waals surface area contributed by atoms with E-state index in [9.17, 15) is 9.59 Å². The molecule has 0 spiro atoms. The summed E-state index contributed by atoms with van der Waals surface area (Å²) < 4.78 is 5.55. The van der Waals surface area contributed by atoms with Crippen molar-refractivity contribution in [3.05, 3.63) is 35.9 Å². The van der Waals surface area contributed by atoms with E-state index in [1.807, 2.05) is 30.3 Å². The van der Waals surface area contributed by atoms with Gasteiger partial charge < -0.3 is 15.4 Å². The van der Waals surface area contributed by atoms with Gasteiger partial charge in [-0.3, -0.25) is 9.59 Å². The SMILES string of the molecule is C[C@@H](OCc1ccccc1)C(=O)N[C@@H]1CCCCNC1=O. The topological polar surface area (TPSA) is 67.4 Å². The summed E-state index contributed by atoms with van der Waals surface area (Å²) in [5, 5.41) is 5.57. The highest BCUT2D eigenvalue weighted by Crippen LogP contribution is 2.07. The van der Waals surface area contributed by atoms with Crippen molar-refractivity contribution in [1.82, 2.24) is 10.6 Å². The molecule has 5 nitrogen and oxygen atoms in total. The Kier molecular flexibility index (Phi) is 5.75. The third-order valence-electron chi connectivity index (χ3n) is 3.56. The third kappa shape index (κ3) is 4.86.